The van der Waals surface area contributed by atoms with Gasteiger partial charge < -0.3 is 5.11 Å². The van der Waals surface area contributed by atoms with Crippen molar-refractivity contribution in [1.29, 1.82) is 0 Å². The zero-order valence-corrected chi connectivity index (χ0v) is 11.0. The molecule has 2 rings (SSSR count). The van der Waals surface area contributed by atoms with E-state index in [0.717, 1.165) is 20.5 Å². The van der Waals surface area contributed by atoms with Crippen molar-refractivity contribution in [2.75, 3.05) is 6.26 Å². The summed E-state index contributed by atoms with van der Waals surface area (Å²) >= 11 is 3.19. The Morgan fingerprint density at radius 1 is 1.12 bits per heavy atom. The SMILES string of the molecule is CSc1cc(Sc2ccc(CO)cc2)ncn1. The topological polar surface area (TPSA) is 46.0 Å². The second-order valence-electron chi connectivity index (χ2n) is 3.30. The smallest absolute Gasteiger partial charge is 0.118 e. The third-order valence-corrected chi connectivity index (χ3v) is 3.74. The van der Waals surface area contributed by atoms with Crippen LogP contribution in [0.25, 0.3) is 0 Å². The summed E-state index contributed by atoms with van der Waals surface area (Å²) in [5.41, 5.74) is 0.918. The normalized spacial score (nSPS) is 10.5. The van der Waals surface area contributed by atoms with Gasteiger partial charge in [-0.05, 0) is 24.0 Å². The van der Waals surface area contributed by atoms with Crippen LogP contribution < -0.4 is 0 Å². The Hall–Kier alpha value is -1.04. The Bertz CT molecular complexity index is 488. The monoisotopic (exact) mass is 264 g/mol. The standard InChI is InChI=1S/C12H12N2OS2/c1-16-11-6-12(14-8-13-11)17-10-4-2-9(7-15)3-5-10/h2-6,8,15H,7H2,1H3. The van der Waals surface area contributed by atoms with Crippen LogP contribution in [0.2, 0.25) is 0 Å². The highest BCUT2D eigenvalue weighted by molar-refractivity contribution is 7.99. The van der Waals surface area contributed by atoms with E-state index in [1.54, 1.807) is 29.9 Å². The number of nitrogens with zero attached hydrogens (tertiary/aromatic N) is 2. The van der Waals surface area contributed by atoms with Gasteiger partial charge in [0.05, 0.1) is 6.61 Å². The number of benzene rings is 1. The predicted molar refractivity (Wildman–Crippen MR) is 70.3 cm³/mol. The molecule has 0 saturated carbocycles. The van der Waals surface area contributed by atoms with Crippen LogP contribution in [0.1, 0.15) is 5.56 Å². The van der Waals surface area contributed by atoms with E-state index < -0.39 is 0 Å². The van der Waals surface area contributed by atoms with Crippen molar-refractivity contribution in [1.82, 2.24) is 9.97 Å². The van der Waals surface area contributed by atoms with Gasteiger partial charge in [-0.1, -0.05) is 23.9 Å². The molecule has 0 aliphatic rings. The van der Waals surface area contributed by atoms with E-state index in [1.807, 2.05) is 36.6 Å². The van der Waals surface area contributed by atoms with Gasteiger partial charge in [0.15, 0.2) is 0 Å². The highest BCUT2D eigenvalue weighted by atomic mass is 32.2. The fraction of sp³-hybridized carbons (Fsp3) is 0.167. The van der Waals surface area contributed by atoms with Gasteiger partial charge in [0.1, 0.15) is 16.4 Å². The lowest BCUT2D eigenvalue weighted by molar-refractivity contribution is 0.282. The molecular formula is C12H12N2OS2. The number of thioether (sulfide) groups is 1. The minimum Gasteiger partial charge on any atom is -0.392 e. The van der Waals surface area contributed by atoms with Crippen LogP contribution in [0.4, 0.5) is 0 Å². The van der Waals surface area contributed by atoms with Gasteiger partial charge in [0.25, 0.3) is 0 Å². The van der Waals surface area contributed by atoms with Crippen molar-refractivity contribution in [3.63, 3.8) is 0 Å². The lowest BCUT2D eigenvalue weighted by Gasteiger charge is -2.02. The molecule has 1 aromatic carbocycles. The first-order valence-electron chi connectivity index (χ1n) is 5.05. The summed E-state index contributed by atoms with van der Waals surface area (Å²) in [6.07, 6.45) is 3.57. The molecule has 0 aliphatic heterocycles. The van der Waals surface area contributed by atoms with Gasteiger partial charge in [0.2, 0.25) is 0 Å². The van der Waals surface area contributed by atoms with Crippen LogP contribution >= 0.6 is 23.5 Å². The van der Waals surface area contributed by atoms with Gasteiger partial charge >= 0.3 is 0 Å². The zero-order chi connectivity index (χ0) is 12.1. The number of rotatable bonds is 4. The molecule has 3 nitrogen and oxygen atoms in total. The second kappa shape index (κ2) is 6.05. The summed E-state index contributed by atoms with van der Waals surface area (Å²) in [6, 6.07) is 9.77. The molecule has 0 atom stereocenters. The van der Waals surface area contributed by atoms with Crippen molar-refractivity contribution in [2.24, 2.45) is 0 Å². The first-order chi connectivity index (χ1) is 8.31. The van der Waals surface area contributed by atoms with Crippen molar-refractivity contribution in [3.8, 4) is 0 Å². The third-order valence-electron chi connectivity index (χ3n) is 2.15. The minimum atomic E-state index is 0.0784. The van der Waals surface area contributed by atoms with Crippen LogP contribution in [-0.4, -0.2) is 21.3 Å². The first-order valence-corrected chi connectivity index (χ1v) is 7.09. The molecular weight excluding hydrogens is 252 g/mol. The summed E-state index contributed by atoms with van der Waals surface area (Å²) in [6.45, 7) is 0.0784. The molecule has 1 heterocycles. The molecule has 0 radical (unpaired) electrons. The Labute approximate surface area is 109 Å². The molecule has 17 heavy (non-hydrogen) atoms. The maximum absolute atomic E-state index is 8.96. The van der Waals surface area contributed by atoms with Gasteiger partial charge in [-0.15, -0.1) is 11.8 Å². The maximum atomic E-state index is 8.96. The Balaban J connectivity index is 2.13. The fourth-order valence-electron chi connectivity index (χ4n) is 1.27. The van der Waals surface area contributed by atoms with Crippen LogP contribution in [-0.2, 0) is 6.61 Å². The minimum absolute atomic E-state index is 0.0784. The lowest BCUT2D eigenvalue weighted by Crippen LogP contribution is -1.85. The number of aliphatic hydroxyl groups excluding tert-OH is 1. The molecule has 1 N–H and O–H groups in total. The summed E-state index contributed by atoms with van der Waals surface area (Å²) in [5.74, 6) is 0. The molecule has 5 heteroatoms. The number of hydrogen-bond acceptors (Lipinski definition) is 5. The van der Waals surface area contributed by atoms with Crippen LogP contribution in [0.3, 0.4) is 0 Å². The molecule has 0 aliphatic carbocycles. The van der Waals surface area contributed by atoms with Gasteiger partial charge in [-0.3, -0.25) is 0 Å². The predicted octanol–water partition coefficient (Wildman–Crippen LogP) is 2.84. The largest absolute Gasteiger partial charge is 0.392 e. The molecule has 88 valence electrons. The van der Waals surface area contributed by atoms with Crippen LogP contribution in [0.15, 0.2) is 51.6 Å². The van der Waals surface area contributed by atoms with E-state index in [2.05, 4.69) is 9.97 Å². The van der Waals surface area contributed by atoms with E-state index in [9.17, 15) is 0 Å². The summed E-state index contributed by atoms with van der Waals surface area (Å²) in [5, 5.41) is 10.9. The van der Waals surface area contributed by atoms with Crippen molar-refractivity contribution in [3.05, 3.63) is 42.2 Å². The fourth-order valence-corrected chi connectivity index (χ4v) is 2.51. The van der Waals surface area contributed by atoms with Crippen LogP contribution in [0.5, 0.6) is 0 Å². The van der Waals surface area contributed by atoms with Crippen molar-refractivity contribution >= 4 is 23.5 Å². The van der Waals surface area contributed by atoms with Crippen LogP contribution in [0, 0.1) is 0 Å². The second-order valence-corrected chi connectivity index (χ2v) is 5.22. The van der Waals surface area contributed by atoms with E-state index in [0.29, 0.717) is 0 Å². The van der Waals surface area contributed by atoms with Crippen molar-refractivity contribution in [2.45, 2.75) is 21.6 Å². The Kier molecular flexibility index (Phi) is 4.42. The number of aromatic nitrogens is 2. The average molecular weight is 264 g/mol. The molecule has 0 fully saturated rings. The molecule has 0 unspecified atom stereocenters. The quantitative estimate of drug-likeness (QED) is 0.679. The highest BCUT2D eigenvalue weighted by Crippen LogP contribution is 2.27. The highest BCUT2D eigenvalue weighted by Gasteiger charge is 2.01. The molecule has 2 aromatic rings. The number of aliphatic hydroxyl groups is 1. The van der Waals surface area contributed by atoms with E-state index in [4.69, 9.17) is 5.11 Å². The van der Waals surface area contributed by atoms with E-state index >= 15 is 0 Å². The third kappa shape index (κ3) is 3.46. The molecule has 0 amide bonds. The van der Waals surface area contributed by atoms with E-state index in [1.165, 1.54) is 0 Å². The first kappa shape index (κ1) is 12.4. The average Bonchev–Trinajstić information content (AvgIpc) is 2.40. The van der Waals surface area contributed by atoms with Gasteiger partial charge in [-0.25, -0.2) is 9.97 Å². The lowest BCUT2D eigenvalue weighted by atomic mass is 10.2. The zero-order valence-electron chi connectivity index (χ0n) is 9.33. The van der Waals surface area contributed by atoms with Gasteiger partial charge in [-0.2, -0.15) is 0 Å². The Morgan fingerprint density at radius 2 is 1.82 bits per heavy atom. The summed E-state index contributed by atoms with van der Waals surface area (Å²) in [7, 11) is 0. The van der Waals surface area contributed by atoms with Crippen molar-refractivity contribution < 1.29 is 5.11 Å². The molecule has 0 saturated heterocycles. The Morgan fingerprint density at radius 3 is 2.47 bits per heavy atom. The summed E-state index contributed by atoms with van der Waals surface area (Å²) < 4.78 is 0. The summed E-state index contributed by atoms with van der Waals surface area (Å²) in [4.78, 5) is 9.45. The maximum Gasteiger partial charge on any atom is 0.118 e. The number of hydrogen-bond donors (Lipinski definition) is 1. The van der Waals surface area contributed by atoms with E-state index in [-0.39, 0.29) is 6.61 Å². The molecule has 1 aromatic heterocycles. The molecule has 0 bridgehead atoms. The molecule has 0 spiro atoms. The van der Waals surface area contributed by atoms with Gasteiger partial charge in [0, 0.05) is 11.0 Å².